The Morgan fingerprint density at radius 3 is 2.33 bits per heavy atom. The average molecular weight is 253 g/mol. The second-order valence-corrected chi connectivity index (χ2v) is 5.07. The fraction of sp³-hybridized carbons (Fsp3) is 0.933. The highest BCUT2D eigenvalue weighted by molar-refractivity contribution is 5.06. The van der Waals surface area contributed by atoms with E-state index in [4.69, 9.17) is 0 Å². The summed E-state index contributed by atoms with van der Waals surface area (Å²) in [7, 11) is 0. The molecule has 0 aliphatic rings. The molecule has 0 saturated carbocycles. The molecular weight excluding hydrogens is 222 g/mol. The normalized spacial score (nSPS) is 16.3. The predicted molar refractivity (Wildman–Crippen MR) is 78.5 cm³/mol. The lowest BCUT2D eigenvalue weighted by molar-refractivity contribution is 0.203. The minimum Gasteiger partial charge on any atom is -0.301 e. The topological polar surface area (TPSA) is 39.1 Å². The molecule has 0 bridgehead atoms. The van der Waals surface area contributed by atoms with E-state index < -0.39 is 0 Å². The summed E-state index contributed by atoms with van der Waals surface area (Å²) in [5, 5.41) is 12.7. The van der Waals surface area contributed by atoms with E-state index in [1.807, 2.05) is 0 Å². The van der Waals surface area contributed by atoms with E-state index in [0.29, 0.717) is 6.04 Å². The van der Waals surface area contributed by atoms with Gasteiger partial charge in [0.25, 0.3) is 0 Å². The van der Waals surface area contributed by atoms with Crippen molar-refractivity contribution < 1.29 is 0 Å². The van der Waals surface area contributed by atoms with Crippen LogP contribution in [0.3, 0.4) is 0 Å². The van der Waals surface area contributed by atoms with Gasteiger partial charge in [-0.2, -0.15) is 5.26 Å². The zero-order valence-corrected chi connectivity index (χ0v) is 12.9. The maximum absolute atomic E-state index is 9.36. The van der Waals surface area contributed by atoms with E-state index in [-0.39, 0.29) is 5.54 Å². The first-order chi connectivity index (χ1) is 8.59. The van der Waals surface area contributed by atoms with Gasteiger partial charge in [0.05, 0.1) is 6.07 Å². The van der Waals surface area contributed by atoms with Gasteiger partial charge in [-0.15, -0.1) is 0 Å². The molecule has 0 fully saturated rings. The molecule has 18 heavy (non-hydrogen) atoms. The molecule has 1 N–H and O–H groups in total. The van der Waals surface area contributed by atoms with E-state index in [2.05, 4.69) is 50.9 Å². The number of rotatable bonds is 10. The summed E-state index contributed by atoms with van der Waals surface area (Å²) in [6.45, 7) is 14.0. The molecule has 0 aromatic carbocycles. The molecule has 3 nitrogen and oxygen atoms in total. The Morgan fingerprint density at radius 1 is 1.28 bits per heavy atom. The molecule has 3 heteroatoms. The van der Waals surface area contributed by atoms with Crippen molar-refractivity contribution in [2.45, 2.75) is 71.9 Å². The first-order valence-corrected chi connectivity index (χ1v) is 7.49. The van der Waals surface area contributed by atoms with Crippen molar-refractivity contribution in [1.29, 1.82) is 5.26 Å². The van der Waals surface area contributed by atoms with Crippen molar-refractivity contribution in [3.8, 4) is 6.07 Å². The van der Waals surface area contributed by atoms with Gasteiger partial charge >= 0.3 is 0 Å². The number of hydrogen-bond acceptors (Lipinski definition) is 3. The summed E-state index contributed by atoms with van der Waals surface area (Å²) in [6, 6.07) is 3.12. The van der Waals surface area contributed by atoms with Gasteiger partial charge in [-0.05, 0) is 52.2 Å². The largest absolute Gasteiger partial charge is 0.301 e. The van der Waals surface area contributed by atoms with Gasteiger partial charge < -0.3 is 4.90 Å². The van der Waals surface area contributed by atoms with E-state index in [0.717, 1.165) is 38.9 Å². The highest BCUT2D eigenvalue weighted by Gasteiger charge is 2.26. The van der Waals surface area contributed by atoms with Crippen LogP contribution in [0, 0.1) is 11.3 Å². The lowest BCUT2D eigenvalue weighted by Crippen LogP contribution is -2.44. The molecule has 2 atom stereocenters. The maximum Gasteiger partial charge on any atom is 0.106 e. The molecule has 0 saturated heterocycles. The van der Waals surface area contributed by atoms with Crippen LogP contribution in [0.4, 0.5) is 0 Å². The van der Waals surface area contributed by atoms with Crippen molar-refractivity contribution in [1.82, 2.24) is 10.2 Å². The number of nitrogens with one attached hydrogen (secondary N) is 1. The standard InChI is InChI=1S/C15H31N3/c1-6-14(5)18(9-4)12-10-11-15(7-2,13-16)17-8-3/h14,17H,6-12H2,1-5H3. The van der Waals surface area contributed by atoms with E-state index >= 15 is 0 Å². The predicted octanol–water partition coefficient (Wildman–Crippen LogP) is 3.17. The second-order valence-electron chi connectivity index (χ2n) is 5.07. The molecule has 0 aliphatic heterocycles. The average Bonchev–Trinajstić information content (AvgIpc) is 2.41. The molecule has 0 spiro atoms. The van der Waals surface area contributed by atoms with Crippen LogP contribution >= 0.6 is 0 Å². The van der Waals surface area contributed by atoms with Gasteiger partial charge in [0.1, 0.15) is 5.54 Å². The van der Waals surface area contributed by atoms with Crippen LogP contribution in [0.1, 0.15) is 60.3 Å². The Kier molecular flexibility index (Phi) is 9.05. The first-order valence-electron chi connectivity index (χ1n) is 7.49. The third-order valence-corrected chi connectivity index (χ3v) is 4.00. The van der Waals surface area contributed by atoms with Crippen LogP contribution in [-0.2, 0) is 0 Å². The van der Waals surface area contributed by atoms with Gasteiger partial charge in [0.15, 0.2) is 0 Å². The van der Waals surface area contributed by atoms with Crippen LogP contribution in [0.25, 0.3) is 0 Å². The maximum atomic E-state index is 9.36. The van der Waals surface area contributed by atoms with Gasteiger partial charge in [-0.3, -0.25) is 5.32 Å². The molecule has 0 aromatic rings. The Labute approximate surface area is 114 Å². The number of nitriles is 1. The highest BCUT2D eigenvalue weighted by Crippen LogP contribution is 2.17. The molecule has 0 heterocycles. The fourth-order valence-electron chi connectivity index (χ4n) is 2.44. The summed E-state index contributed by atoms with van der Waals surface area (Å²) in [5.41, 5.74) is -0.316. The monoisotopic (exact) mass is 253 g/mol. The summed E-state index contributed by atoms with van der Waals surface area (Å²) in [6.07, 6.45) is 4.11. The van der Waals surface area contributed by atoms with Gasteiger partial charge in [0.2, 0.25) is 0 Å². The summed E-state index contributed by atoms with van der Waals surface area (Å²) < 4.78 is 0. The second kappa shape index (κ2) is 9.35. The molecule has 106 valence electrons. The van der Waals surface area contributed by atoms with E-state index in [1.54, 1.807) is 0 Å². The minimum atomic E-state index is -0.316. The van der Waals surface area contributed by atoms with Crippen molar-refractivity contribution in [3.05, 3.63) is 0 Å². The zero-order valence-electron chi connectivity index (χ0n) is 12.9. The van der Waals surface area contributed by atoms with Crippen LogP contribution < -0.4 is 5.32 Å². The fourth-order valence-corrected chi connectivity index (χ4v) is 2.44. The number of hydrogen-bond donors (Lipinski definition) is 1. The van der Waals surface area contributed by atoms with E-state index in [9.17, 15) is 5.26 Å². The smallest absolute Gasteiger partial charge is 0.106 e. The van der Waals surface area contributed by atoms with Crippen LogP contribution in [-0.4, -0.2) is 36.1 Å². The quantitative estimate of drug-likeness (QED) is 0.650. The summed E-state index contributed by atoms with van der Waals surface area (Å²) in [5.74, 6) is 0. The SMILES string of the molecule is CCNC(C#N)(CC)CCCN(CC)C(C)CC. The Balaban J connectivity index is 4.25. The van der Waals surface area contributed by atoms with E-state index in [1.165, 1.54) is 6.42 Å². The third-order valence-electron chi connectivity index (χ3n) is 4.00. The molecule has 0 radical (unpaired) electrons. The number of nitrogens with zero attached hydrogens (tertiary/aromatic N) is 2. The van der Waals surface area contributed by atoms with Crippen LogP contribution in [0.15, 0.2) is 0 Å². The van der Waals surface area contributed by atoms with Crippen molar-refractivity contribution >= 4 is 0 Å². The molecule has 0 aromatic heterocycles. The summed E-state index contributed by atoms with van der Waals surface area (Å²) in [4.78, 5) is 2.50. The van der Waals surface area contributed by atoms with Gasteiger partial charge in [0, 0.05) is 6.04 Å². The molecule has 0 rings (SSSR count). The Hall–Kier alpha value is -0.590. The van der Waals surface area contributed by atoms with Gasteiger partial charge in [-0.1, -0.05) is 27.7 Å². The zero-order chi connectivity index (χ0) is 14.0. The lowest BCUT2D eigenvalue weighted by Gasteiger charge is -2.30. The lowest BCUT2D eigenvalue weighted by atomic mass is 9.91. The van der Waals surface area contributed by atoms with Crippen molar-refractivity contribution in [3.63, 3.8) is 0 Å². The first kappa shape index (κ1) is 17.4. The molecule has 2 unspecified atom stereocenters. The molecule has 0 amide bonds. The molecular formula is C15H31N3. The molecule has 0 aliphatic carbocycles. The third kappa shape index (κ3) is 5.37. The van der Waals surface area contributed by atoms with Gasteiger partial charge in [-0.25, -0.2) is 0 Å². The Morgan fingerprint density at radius 2 is 1.94 bits per heavy atom. The van der Waals surface area contributed by atoms with Crippen LogP contribution in [0.2, 0.25) is 0 Å². The minimum absolute atomic E-state index is 0.316. The Bertz CT molecular complexity index is 247. The summed E-state index contributed by atoms with van der Waals surface area (Å²) >= 11 is 0. The highest BCUT2D eigenvalue weighted by atomic mass is 15.1. The van der Waals surface area contributed by atoms with Crippen LogP contribution in [0.5, 0.6) is 0 Å². The van der Waals surface area contributed by atoms with Crippen molar-refractivity contribution in [2.75, 3.05) is 19.6 Å². The van der Waals surface area contributed by atoms with Crippen molar-refractivity contribution in [2.24, 2.45) is 0 Å².